The first-order chi connectivity index (χ1) is 14.7. The molecule has 1 aliphatic rings. The number of guanidine groups is 1. The number of carbonyl (C=O) groups is 1. The van der Waals surface area contributed by atoms with Crippen molar-refractivity contribution in [3.8, 4) is 5.75 Å². The van der Waals surface area contributed by atoms with Crippen LogP contribution < -0.4 is 21.1 Å². The number of carbonyl (C=O) groups excluding carboxylic acids is 1. The maximum Gasteiger partial charge on any atom is 0.255 e. The molecule has 1 amide bonds. The zero-order valence-corrected chi connectivity index (χ0v) is 18.0. The monoisotopic (exact) mass is 431 g/mol. The molecule has 4 N–H and O–H groups in total. The molecule has 0 saturated carbocycles. The van der Waals surface area contributed by atoms with Gasteiger partial charge in [0.15, 0.2) is 12.6 Å². The normalized spacial score (nSPS) is 16.1. The smallest absolute Gasteiger partial charge is 0.255 e. The highest BCUT2D eigenvalue weighted by molar-refractivity contribution is 7.10. The molecule has 3 rings (SSSR count). The molecule has 0 spiro atoms. The molecule has 162 valence electrons. The quantitative estimate of drug-likeness (QED) is 0.409. The van der Waals surface area contributed by atoms with Gasteiger partial charge in [-0.15, -0.1) is 11.3 Å². The first-order valence-electron chi connectivity index (χ1n) is 9.95. The minimum Gasteiger partial charge on any atom is -0.484 e. The van der Waals surface area contributed by atoms with E-state index in [0.29, 0.717) is 12.3 Å². The predicted octanol–water partition coefficient (Wildman–Crippen LogP) is 1.35. The molecule has 1 unspecified atom stereocenters. The van der Waals surface area contributed by atoms with Crippen molar-refractivity contribution < 1.29 is 14.3 Å². The van der Waals surface area contributed by atoms with Crippen molar-refractivity contribution in [2.45, 2.75) is 12.6 Å². The molecule has 0 radical (unpaired) electrons. The zero-order valence-electron chi connectivity index (χ0n) is 17.2. The summed E-state index contributed by atoms with van der Waals surface area (Å²) in [6.45, 7) is 4.58. The summed E-state index contributed by atoms with van der Waals surface area (Å²) >= 11 is 1.77. The van der Waals surface area contributed by atoms with Crippen molar-refractivity contribution in [3.63, 3.8) is 0 Å². The van der Waals surface area contributed by atoms with Gasteiger partial charge in [0, 0.05) is 38.1 Å². The van der Waals surface area contributed by atoms with E-state index in [2.05, 4.69) is 38.0 Å². The van der Waals surface area contributed by atoms with Crippen LogP contribution in [0.2, 0.25) is 0 Å². The number of nitrogens with two attached hydrogens (primary N) is 1. The molecule has 0 bridgehead atoms. The van der Waals surface area contributed by atoms with E-state index < -0.39 is 5.91 Å². The molecule has 1 saturated heterocycles. The number of ether oxygens (including phenoxy) is 2. The van der Waals surface area contributed by atoms with Crippen LogP contribution in [0.4, 0.5) is 0 Å². The lowest BCUT2D eigenvalue weighted by Crippen LogP contribution is -2.46. The third kappa shape index (κ3) is 6.72. The molecule has 9 heteroatoms. The fourth-order valence-electron chi connectivity index (χ4n) is 3.28. The molecule has 1 aromatic carbocycles. The van der Waals surface area contributed by atoms with Gasteiger partial charge in [-0.25, -0.2) is 0 Å². The van der Waals surface area contributed by atoms with Gasteiger partial charge in [-0.2, -0.15) is 0 Å². The molecular weight excluding hydrogens is 402 g/mol. The molecule has 8 nitrogen and oxygen atoms in total. The minimum absolute atomic E-state index is 0.133. The van der Waals surface area contributed by atoms with Crippen molar-refractivity contribution >= 4 is 23.2 Å². The van der Waals surface area contributed by atoms with Gasteiger partial charge in [0.25, 0.3) is 5.91 Å². The van der Waals surface area contributed by atoms with E-state index in [9.17, 15) is 4.79 Å². The summed E-state index contributed by atoms with van der Waals surface area (Å²) in [5.74, 6) is 0.845. The van der Waals surface area contributed by atoms with Crippen LogP contribution in [-0.2, 0) is 16.1 Å². The van der Waals surface area contributed by atoms with E-state index in [4.69, 9.17) is 15.2 Å². The molecule has 1 fully saturated rings. The molecular formula is C21H29N5O3S. The fourth-order valence-corrected chi connectivity index (χ4v) is 4.14. The minimum atomic E-state index is -0.497. The average Bonchev–Trinajstić information content (AvgIpc) is 3.30. The van der Waals surface area contributed by atoms with Crippen molar-refractivity contribution in [3.05, 3.63) is 52.2 Å². The highest BCUT2D eigenvalue weighted by Gasteiger charge is 2.23. The molecule has 1 aromatic heterocycles. The number of aliphatic imine (C=N–C) groups is 1. The summed E-state index contributed by atoms with van der Waals surface area (Å²) in [6, 6.07) is 12.1. The van der Waals surface area contributed by atoms with Gasteiger partial charge in [0.1, 0.15) is 5.75 Å². The highest BCUT2D eigenvalue weighted by Crippen LogP contribution is 2.25. The second-order valence-electron chi connectivity index (χ2n) is 6.89. The number of nitrogens with one attached hydrogen (secondary N) is 2. The van der Waals surface area contributed by atoms with E-state index in [0.717, 1.165) is 44.4 Å². The largest absolute Gasteiger partial charge is 0.484 e. The Kier molecular flexibility index (Phi) is 8.49. The molecule has 2 aromatic rings. The van der Waals surface area contributed by atoms with Crippen molar-refractivity contribution in [1.29, 1.82) is 0 Å². The molecule has 0 aliphatic carbocycles. The van der Waals surface area contributed by atoms with Gasteiger partial charge in [0.05, 0.1) is 19.3 Å². The van der Waals surface area contributed by atoms with E-state index in [-0.39, 0.29) is 12.6 Å². The maximum absolute atomic E-state index is 10.9. The summed E-state index contributed by atoms with van der Waals surface area (Å²) in [5, 5.41) is 8.90. The number of primary amides is 1. The zero-order chi connectivity index (χ0) is 21.2. The second-order valence-corrected chi connectivity index (χ2v) is 7.87. The predicted molar refractivity (Wildman–Crippen MR) is 119 cm³/mol. The van der Waals surface area contributed by atoms with Crippen LogP contribution in [0, 0.1) is 0 Å². The highest BCUT2D eigenvalue weighted by atomic mass is 32.1. The fraction of sp³-hybridized carbons (Fsp3) is 0.429. The third-order valence-electron chi connectivity index (χ3n) is 4.78. The van der Waals surface area contributed by atoms with Gasteiger partial charge in [-0.05, 0) is 29.1 Å². The van der Waals surface area contributed by atoms with Crippen LogP contribution in [-0.4, -0.2) is 63.3 Å². The summed E-state index contributed by atoms with van der Waals surface area (Å²) in [5.41, 5.74) is 6.15. The van der Waals surface area contributed by atoms with Crippen LogP contribution in [0.3, 0.4) is 0 Å². The van der Waals surface area contributed by atoms with Crippen LogP contribution in [0.1, 0.15) is 16.5 Å². The van der Waals surface area contributed by atoms with Crippen LogP contribution in [0.25, 0.3) is 0 Å². The summed E-state index contributed by atoms with van der Waals surface area (Å²) in [6.07, 6.45) is 0. The molecule has 1 aliphatic heterocycles. The molecule has 30 heavy (non-hydrogen) atoms. The van der Waals surface area contributed by atoms with Crippen molar-refractivity contribution in [1.82, 2.24) is 15.5 Å². The van der Waals surface area contributed by atoms with Gasteiger partial charge in [0.2, 0.25) is 0 Å². The Balaban J connectivity index is 1.54. The molecule has 1 atom stereocenters. The van der Waals surface area contributed by atoms with Crippen LogP contribution in [0.5, 0.6) is 5.75 Å². The van der Waals surface area contributed by atoms with E-state index >= 15 is 0 Å². The van der Waals surface area contributed by atoms with Crippen molar-refractivity contribution in [2.75, 3.05) is 46.5 Å². The average molecular weight is 432 g/mol. The number of hydrogen-bond donors (Lipinski definition) is 3. The van der Waals surface area contributed by atoms with Gasteiger partial charge in [-0.3, -0.25) is 14.7 Å². The Labute approximate surface area is 181 Å². The Bertz CT molecular complexity index is 822. The first-order valence-corrected chi connectivity index (χ1v) is 10.8. The topological polar surface area (TPSA) is 101 Å². The Hall–Kier alpha value is -2.62. The van der Waals surface area contributed by atoms with E-state index in [1.807, 2.05) is 18.2 Å². The Morgan fingerprint density at radius 1 is 1.30 bits per heavy atom. The SMILES string of the molecule is CN=C(NCc1cccc(OCC(N)=O)c1)NCC(c1cccs1)N1CCOCC1. The van der Waals surface area contributed by atoms with Gasteiger partial charge >= 0.3 is 0 Å². The number of rotatable bonds is 9. The lowest BCUT2D eigenvalue weighted by molar-refractivity contribution is -0.119. The van der Waals surface area contributed by atoms with Gasteiger partial charge < -0.3 is 25.8 Å². The van der Waals surface area contributed by atoms with Crippen LogP contribution in [0.15, 0.2) is 46.8 Å². The van der Waals surface area contributed by atoms with Gasteiger partial charge in [-0.1, -0.05) is 18.2 Å². The second kappa shape index (κ2) is 11.5. The summed E-state index contributed by atoms with van der Waals surface area (Å²) in [7, 11) is 1.76. The molecule has 2 heterocycles. The standard InChI is InChI=1S/C21H29N5O3S/c1-23-21(24-13-16-4-2-5-17(12-16)29-15-20(22)27)25-14-18(19-6-3-11-30-19)26-7-9-28-10-8-26/h2-6,11-12,18H,7-10,13-15H2,1H3,(H2,22,27)(H2,23,24,25). The number of nitrogens with zero attached hydrogens (tertiary/aromatic N) is 2. The lowest BCUT2D eigenvalue weighted by Gasteiger charge is -2.34. The lowest BCUT2D eigenvalue weighted by atomic mass is 10.2. The Morgan fingerprint density at radius 2 is 2.13 bits per heavy atom. The summed E-state index contributed by atoms with van der Waals surface area (Å²) in [4.78, 5) is 19.0. The number of benzene rings is 1. The Morgan fingerprint density at radius 3 is 2.83 bits per heavy atom. The number of hydrogen-bond acceptors (Lipinski definition) is 6. The first kappa shape index (κ1) is 22.1. The van der Waals surface area contributed by atoms with E-state index in [1.165, 1.54) is 4.88 Å². The number of thiophene rings is 1. The summed E-state index contributed by atoms with van der Waals surface area (Å²) < 4.78 is 10.9. The van der Waals surface area contributed by atoms with Crippen molar-refractivity contribution in [2.24, 2.45) is 10.7 Å². The van der Waals surface area contributed by atoms with E-state index in [1.54, 1.807) is 24.5 Å². The third-order valence-corrected chi connectivity index (χ3v) is 5.76. The number of amides is 1. The number of morpholine rings is 1. The maximum atomic E-state index is 10.9. The van der Waals surface area contributed by atoms with Crippen LogP contribution >= 0.6 is 11.3 Å².